The molecule has 1 fully saturated rings. The molecule has 18 heavy (non-hydrogen) atoms. The van der Waals surface area contributed by atoms with Gasteiger partial charge >= 0.3 is 0 Å². The predicted molar refractivity (Wildman–Crippen MR) is 76.5 cm³/mol. The van der Waals surface area contributed by atoms with Crippen LogP contribution in [0.5, 0.6) is 0 Å². The Kier molecular flexibility index (Phi) is 3.85. The number of anilines is 1. The molecule has 0 bridgehead atoms. The number of aliphatic hydroxyl groups excluding tert-OH is 1. The Balaban J connectivity index is 2.19. The molecule has 4 heteroatoms. The molecule has 100 valence electrons. The first-order valence-corrected chi connectivity index (χ1v) is 6.66. The molecule has 1 saturated heterocycles. The minimum absolute atomic E-state index is 0.128. The number of aliphatic hydroxyl groups is 1. The van der Waals surface area contributed by atoms with Crippen molar-refractivity contribution in [3.63, 3.8) is 0 Å². The molecule has 1 N–H and O–H groups in total. The lowest BCUT2D eigenvalue weighted by molar-refractivity contribution is 0.0867. The van der Waals surface area contributed by atoms with E-state index in [2.05, 4.69) is 15.9 Å². The molecule has 0 amide bonds. The molecule has 1 aromatic carbocycles. The van der Waals surface area contributed by atoms with E-state index in [1.807, 2.05) is 33.2 Å². The fourth-order valence-corrected chi connectivity index (χ4v) is 2.67. The van der Waals surface area contributed by atoms with Gasteiger partial charge in [-0.25, -0.2) is 0 Å². The summed E-state index contributed by atoms with van der Waals surface area (Å²) in [5.41, 5.74) is 2.11. The van der Waals surface area contributed by atoms with Crippen molar-refractivity contribution in [2.45, 2.75) is 18.9 Å². The van der Waals surface area contributed by atoms with Crippen LogP contribution in [0.2, 0.25) is 5.02 Å². The third kappa shape index (κ3) is 2.35. The Bertz CT molecular complexity index is 436. The van der Waals surface area contributed by atoms with Crippen LogP contribution < -0.4 is 4.90 Å². The first-order chi connectivity index (χ1) is 8.48. The first-order valence-electron chi connectivity index (χ1n) is 6.28. The summed E-state index contributed by atoms with van der Waals surface area (Å²) in [7, 11) is 4.06. The number of aryl methyl sites for hydroxylation is 1. The number of likely N-dealkylation sites (N-methyl/N-ethyl adjacent to an activating group) is 1. The fourth-order valence-electron chi connectivity index (χ4n) is 2.49. The minimum atomic E-state index is -0.128. The average Bonchev–Trinajstić information content (AvgIpc) is 2.78. The predicted octanol–water partition coefficient (Wildman–Crippen LogP) is 2.15. The number of benzene rings is 1. The van der Waals surface area contributed by atoms with Crippen molar-refractivity contribution >= 4 is 17.3 Å². The molecular formula is C14H21ClN2O. The van der Waals surface area contributed by atoms with E-state index in [0.717, 1.165) is 35.8 Å². The van der Waals surface area contributed by atoms with Crippen molar-refractivity contribution in [1.82, 2.24) is 4.90 Å². The average molecular weight is 269 g/mol. The molecule has 0 spiro atoms. The van der Waals surface area contributed by atoms with Crippen molar-refractivity contribution in [2.24, 2.45) is 0 Å². The van der Waals surface area contributed by atoms with Gasteiger partial charge in [0, 0.05) is 23.8 Å². The van der Waals surface area contributed by atoms with Crippen molar-refractivity contribution in [3.8, 4) is 0 Å². The van der Waals surface area contributed by atoms with E-state index in [0.29, 0.717) is 0 Å². The number of hydrogen-bond acceptors (Lipinski definition) is 3. The SMILES string of the molecule is Cc1ccc(N2CCC(CO)(N(C)C)C2)cc1Cl. The Morgan fingerprint density at radius 1 is 1.44 bits per heavy atom. The quantitative estimate of drug-likeness (QED) is 0.910. The highest BCUT2D eigenvalue weighted by Gasteiger charge is 2.39. The van der Waals surface area contributed by atoms with Crippen molar-refractivity contribution in [1.29, 1.82) is 0 Å². The third-order valence-corrected chi connectivity index (χ3v) is 4.50. The van der Waals surface area contributed by atoms with Gasteiger partial charge in [-0.2, -0.15) is 0 Å². The molecule has 0 saturated carbocycles. The molecule has 1 unspecified atom stereocenters. The maximum Gasteiger partial charge on any atom is 0.0633 e. The summed E-state index contributed by atoms with van der Waals surface area (Å²) in [5.74, 6) is 0. The molecule has 0 radical (unpaired) electrons. The third-order valence-electron chi connectivity index (χ3n) is 4.10. The molecule has 1 aliphatic heterocycles. The molecule has 2 rings (SSSR count). The molecule has 1 atom stereocenters. The van der Waals surface area contributed by atoms with Gasteiger partial charge in [0.1, 0.15) is 0 Å². The fraction of sp³-hybridized carbons (Fsp3) is 0.571. The zero-order chi connectivity index (χ0) is 13.3. The van der Waals surface area contributed by atoms with Crippen LogP contribution in [-0.4, -0.2) is 49.3 Å². The number of hydrogen-bond donors (Lipinski definition) is 1. The smallest absolute Gasteiger partial charge is 0.0633 e. The lowest BCUT2D eigenvalue weighted by atomic mass is 9.99. The van der Waals surface area contributed by atoms with Crippen LogP contribution in [-0.2, 0) is 0 Å². The molecule has 3 nitrogen and oxygen atoms in total. The maximum atomic E-state index is 9.66. The number of nitrogens with zero attached hydrogens (tertiary/aromatic N) is 2. The minimum Gasteiger partial charge on any atom is -0.394 e. The highest BCUT2D eigenvalue weighted by molar-refractivity contribution is 6.31. The summed E-state index contributed by atoms with van der Waals surface area (Å²) < 4.78 is 0. The molecule has 1 aromatic rings. The van der Waals surface area contributed by atoms with Crippen LogP contribution in [0.25, 0.3) is 0 Å². The standard InChI is InChI=1S/C14H21ClN2O/c1-11-4-5-12(8-13(11)15)17-7-6-14(9-17,10-18)16(2)3/h4-5,8,18H,6-7,9-10H2,1-3H3. The van der Waals surface area contributed by atoms with Gasteiger partial charge in [0.05, 0.1) is 12.1 Å². The summed E-state index contributed by atoms with van der Waals surface area (Å²) >= 11 is 6.17. The van der Waals surface area contributed by atoms with Crippen molar-refractivity contribution in [3.05, 3.63) is 28.8 Å². The number of halogens is 1. The molecule has 0 aromatic heterocycles. The lowest BCUT2D eigenvalue weighted by Gasteiger charge is -2.34. The van der Waals surface area contributed by atoms with E-state index in [1.54, 1.807) is 0 Å². The summed E-state index contributed by atoms with van der Waals surface area (Å²) in [6, 6.07) is 6.16. The largest absolute Gasteiger partial charge is 0.394 e. The molecule has 1 aliphatic rings. The zero-order valence-corrected chi connectivity index (χ0v) is 12.0. The van der Waals surface area contributed by atoms with Crippen LogP contribution >= 0.6 is 11.6 Å². The zero-order valence-electron chi connectivity index (χ0n) is 11.3. The van der Waals surface area contributed by atoms with E-state index >= 15 is 0 Å². The second-order valence-corrected chi connectivity index (χ2v) is 5.79. The van der Waals surface area contributed by atoms with Gasteiger partial charge in [-0.1, -0.05) is 17.7 Å². The van der Waals surface area contributed by atoms with Gasteiger partial charge < -0.3 is 10.0 Å². The van der Waals surface area contributed by atoms with E-state index in [4.69, 9.17) is 11.6 Å². The van der Waals surface area contributed by atoms with Crippen LogP contribution in [0.15, 0.2) is 18.2 Å². The Morgan fingerprint density at radius 3 is 2.67 bits per heavy atom. The molecular weight excluding hydrogens is 248 g/mol. The number of rotatable bonds is 3. The second kappa shape index (κ2) is 5.08. The van der Waals surface area contributed by atoms with Gasteiger partial charge in [0.15, 0.2) is 0 Å². The monoisotopic (exact) mass is 268 g/mol. The van der Waals surface area contributed by atoms with Crippen LogP contribution in [0.1, 0.15) is 12.0 Å². The Morgan fingerprint density at radius 2 is 2.17 bits per heavy atom. The summed E-state index contributed by atoms with van der Waals surface area (Å²) in [6.45, 7) is 4.00. The Hall–Kier alpha value is -0.770. The van der Waals surface area contributed by atoms with E-state index < -0.39 is 0 Å². The van der Waals surface area contributed by atoms with Crippen LogP contribution in [0.3, 0.4) is 0 Å². The van der Waals surface area contributed by atoms with Gasteiger partial charge in [0.25, 0.3) is 0 Å². The van der Waals surface area contributed by atoms with Gasteiger partial charge in [-0.05, 0) is 45.1 Å². The van der Waals surface area contributed by atoms with Crippen LogP contribution in [0.4, 0.5) is 5.69 Å². The van der Waals surface area contributed by atoms with Crippen molar-refractivity contribution in [2.75, 3.05) is 38.7 Å². The van der Waals surface area contributed by atoms with Crippen LogP contribution in [0, 0.1) is 6.92 Å². The maximum absolute atomic E-state index is 9.66. The molecule has 0 aliphatic carbocycles. The van der Waals surface area contributed by atoms with E-state index in [-0.39, 0.29) is 12.1 Å². The van der Waals surface area contributed by atoms with E-state index in [9.17, 15) is 5.11 Å². The highest BCUT2D eigenvalue weighted by Crippen LogP contribution is 2.31. The van der Waals surface area contributed by atoms with E-state index in [1.165, 1.54) is 0 Å². The first kappa shape index (κ1) is 13.7. The highest BCUT2D eigenvalue weighted by atomic mass is 35.5. The second-order valence-electron chi connectivity index (χ2n) is 5.38. The normalized spacial score (nSPS) is 24.0. The van der Waals surface area contributed by atoms with Gasteiger partial charge in [0.2, 0.25) is 0 Å². The summed E-state index contributed by atoms with van der Waals surface area (Å²) in [6.07, 6.45) is 0.974. The van der Waals surface area contributed by atoms with Gasteiger partial charge in [-0.15, -0.1) is 0 Å². The van der Waals surface area contributed by atoms with Crippen molar-refractivity contribution < 1.29 is 5.11 Å². The topological polar surface area (TPSA) is 26.7 Å². The summed E-state index contributed by atoms with van der Waals surface area (Å²) in [5, 5.41) is 10.5. The Labute approximate surface area is 114 Å². The van der Waals surface area contributed by atoms with Gasteiger partial charge in [-0.3, -0.25) is 4.90 Å². The lowest BCUT2D eigenvalue weighted by Crippen LogP contribution is -2.49. The molecule has 1 heterocycles. The summed E-state index contributed by atoms with van der Waals surface area (Å²) in [4.78, 5) is 4.42.